The number of hydrogen-bond acceptors (Lipinski definition) is 2. The van der Waals surface area contributed by atoms with Crippen LogP contribution in [0, 0.1) is 0 Å². The van der Waals surface area contributed by atoms with Crippen molar-refractivity contribution in [2.45, 2.75) is 25.8 Å². The first kappa shape index (κ1) is 8.68. The molecule has 1 aliphatic heterocycles. The second-order valence-corrected chi connectivity index (χ2v) is 5.41. The van der Waals surface area contributed by atoms with Crippen LogP contribution in [-0.2, 0) is 9.22 Å². The van der Waals surface area contributed by atoms with Crippen LogP contribution in [0.5, 0.6) is 0 Å². The van der Waals surface area contributed by atoms with Crippen LogP contribution in [-0.4, -0.2) is 21.1 Å². The van der Waals surface area contributed by atoms with Gasteiger partial charge in [0.05, 0.1) is 0 Å². The minimum absolute atomic E-state index is 0.213. The smallest absolute Gasteiger partial charge is 0.255 e. The van der Waals surface area contributed by atoms with Gasteiger partial charge in [0.2, 0.25) is 0 Å². The highest BCUT2D eigenvalue weighted by molar-refractivity contribution is 6.88. The molecule has 0 radical (unpaired) electrons. The van der Waals surface area contributed by atoms with Crippen molar-refractivity contribution in [3.05, 3.63) is 12.2 Å². The van der Waals surface area contributed by atoms with Gasteiger partial charge in [-0.2, -0.15) is 0 Å². The molecule has 1 heterocycles. The van der Waals surface area contributed by atoms with Gasteiger partial charge in [-0.1, -0.05) is 13.0 Å². The average Bonchev–Trinajstić information content (AvgIpc) is 2.05. The van der Waals surface area contributed by atoms with Crippen LogP contribution in [0.2, 0.25) is 6.04 Å². The highest BCUT2D eigenvalue weighted by Crippen LogP contribution is 2.13. The molecule has 2 nitrogen and oxygen atoms in total. The molecule has 0 N–H and O–H groups in total. The lowest BCUT2D eigenvalue weighted by Gasteiger charge is -2.19. The molecule has 1 aliphatic rings. The first-order valence-corrected chi connectivity index (χ1v) is 5.89. The molecule has 0 spiro atoms. The third kappa shape index (κ3) is 2.27. The van der Waals surface area contributed by atoms with Gasteiger partial charge in [-0.25, -0.2) is 0 Å². The quantitative estimate of drug-likeness (QED) is 0.460. The Hall–Kier alpha value is -0.413. The van der Waals surface area contributed by atoms with Crippen molar-refractivity contribution in [1.82, 2.24) is 0 Å². The summed E-state index contributed by atoms with van der Waals surface area (Å²) in [6.45, 7) is 6.19. The van der Waals surface area contributed by atoms with E-state index in [1.807, 2.05) is 0 Å². The molecule has 1 atom stereocenters. The summed E-state index contributed by atoms with van der Waals surface area (Å²) in [6, 6.07) is 1.01. The predicted molar refractivity (Wildman–Crippen MR) is 47.0 cm³/mol. The Balaban J connectivity index is 2.45. The second-order valence-electron chi connectivity index (χ2n) is 3.00. The fourth-order valence-corrected chi connectivity index (χ4v) is 3.46. The predicted octanol–water partition coefficient (Wildman–Crippen LogP) is 1.20. The zero-order valence-electron chi connectivity index (χ0n) is 6.93. The Kier molecular flexibility index (Phi) is 3.02. The summed E-state index contributed by atoms with van der Waals surface area (Å²) < 4.78 is 5.43. The zero-order valence-corrected chi connectivity index (χ0v) is 8.08. The minimum Gasteiger partial charge on any atom is -0.412 e. The van der Waals surface area contributed by atoms with Gasteiger partial charge >= 0.3 is 0 Å². The van der Waals surface area contributed by atoms with Gasteiger partial charge in [-0.3, -0.25) is 4.79 Å². The highest BCUT2D eigenvalue weighted by atomic mass is 28.3. The third-order valence-corrected chi connectivity index (χ3v) is 4.54. The molecule has 0 aliphatic carbocycles. The number of hydrogen-bond donors (Lipinski definition) is 0. The number of allylic oxidation sites excluding steroid dienone is 1. The molecular weight excluding hydrogens is 156 g/mol. The molecule has 1 unspecified atom stereocenters. The SMILES string of the molecule is C=C(C)C(=O)[SiH]1CCCCO1. The maximum atomic E-state index is 11.3. The van der Waals surface area contributed by atoms with Crippen LogP contribution in [0.3, 0.4) is 0 Å². The van der Waals surface area contributed by atoms with Gasteiger partial charge in [0, 0.05) is 6.61 Å². The highest BCUT2D eigenvalue weighted by Gasteiger charge is 2.24. The lowest BCUT2D eigenvalue weighted by Crippen LogP contribution is -2.33. The van der Waals surface area contributed by atoms with Crippen molar-refractivity contribution >= 4 is 14.4 Å². The zero-order chi connectivity index (χ0) is 8.27. The molecule has 0 aromatic carbocycles. The van der Waals surface area contributed by atoms with E-state index in [0.29, 0.717) is 5.57 Å². The summed E-state index contributed by atoms with van der Waals surface area (Å²) in [4.78, 5) is 11.3. The third-order valence-electron chi connectivity index (χ3n) is 1.89. The fraction of sp³-hybridized carbons (Fsp3) is 0.625. The van der Waals surface area contributed by atoms with Gasteiger partial charge in [-0.05, 0) is 25.0 Å². The second kappa shape index (κ2) is 3.83. The van der Waals surface area contributed by atoms with Crippen LogP contribution in [0.25, 0.3) is 0 Å². The molecule has 0 aromatic rings. The van der Waals surface area contributed by atoms with Crippen molar-refractivity contribution < 1.29 is 9.22 Å². The summed E-state index contributed by atoms with van der Waals surface area (Å²) in [6.07, 6.45) is 2.28. The Labute approximate surface area is 69.0 Å². The van der Waals surface area contributed by atoms with Gasteiger partial charge in [-0.15, -0.1) is 0 Å². The summed E-state index contributed by atoms with van der Waals surface area (Å²) in [5.41, 5.74) is 0.670. The van der Waals surface area contributed by atoms with Crippen molar-refractivity contribution in [2.24, 2.45) is 0 Å². The molecule has 0 amide bonds. The Morgan fingerprint density at radius 3 is 2.73 bits per heavy atom. The van der Waals surface area contributed by atoms with Crippen LogP contribution < -0.4 is 0 Å². The standard InChI is InChI=1S/C8H14O2Si/c1-7(2)8(9)11-6-4-3-5-10-11/h11H,1,3-6H2,2H3. The first-order valence-electron chi connectivity index (χ1n) is 4.03. The van der Waals surface area contributed by atoms with E-state index in [-0.39, 0.29) is 5.41 Å². The van der Waals surface area contributed by atoms with E-state index in [2.05, 4.69) is 6.58 Å². The summed E-state index contributed by atoms with van der Waals surface area (Å²) in [5.74, 6) is 0. The van der Waals surface area contributed by atoms with E-state index >= 15 is 0 Å². The lowest BCUT2D eigenvalue weighted by molar-refractivity contribution is -0.110. The van der Waals surface area contributed by atoms with E-state index in [0.717, 1.165) is 25.5 Å². The van der Waals surface area contributed by atoms with E-state index in [1.54, 1.807) is 6.92 Å². The molecule has 11 heavy (non-hydrogen) atoms. The van der Waals surface area contributed by atoms with Crippen LogP contribution in [0.15, 0.2) is 12.2 Å². The molecular formula is C8H14O2Si. The summed E-state index contributed by atoms with van der Waals surface area (Å²) in [5, 5.41) is 0.213. The molecule has 0 saturated carbocycles. The Morgan fingerprint density at radius 1 is 1.55 bits per heavy atom. The van der Waals surface area contributed by atoms with Crippen molar-refractivity contribution in [1.29, 1.82) is 0 Å². The number of rotatable bonds is 2. The average molecular weight is 170 g/mol. The largest absolute Gasteiger partial charge is 0.412 e. The van der Waals surface area contributed by atoms with E-state index in [1.165, 1.54) is 0 Å². The van der Waals surface area contributed by atoms with Crippen molar-refractivity contribution in [3.8, 4) is 0 Å². The first-order chi connectivity index (χ1) is 5.22. The maximum absolute atomic E-state index is 11.3. The van der Waals surface area contributed by atoms with Crippen molar-refractivity contribution in [3.63, 3.8) is 0 Å². The van der Waals surface area contributed by atoms with E-state index in [4.69, 9.17) is 4.43 Å². The number of carbonyl (C=O) groups excluding carboxylic acids is 1. The Bertz CT molecular complexity index is 171. The number of carbonyl (C=O) groups is 1. The minimum atomic E-state index is -1.52. The molecule has 62 valence electrons. The van der Waals surface area contributed by atoms with Gasteiger partial charge < -0.3 is 4.43 Å². The molecule has 0 aromatic heterocycles. The van der Waals surface area contributed by atoms with Crippen molar-refractivity contribution in [2.75, 3.05) is 6.61 Å². The molecule has 0 bridgehead atoms. The fourth-order valence-electron chi connectivity index (χ4n) is 1.22. The van der Waals surface area contributed by atoms with Gasteiger partial charge in [0.25, 0.3) is 9.04 Å². The summed E-state index contributed by atoms with van der Waals surface area (Å²) >= 11 is 0. The molecule has 1 fully saturated rings. The Morgan fingerprint density at radius 2 is 2.27 bits per heavy atom. The van der Waals surface area contributed by atoms with Crippen LogP contribution in [0.4, 0.5) is 0 Å². The van der Waals surface area contributed by atoms with E-state index < -0.39 is 9.04 Å². The van der Waals surface area contributed by atoms with E-state index in [9.17, 15) is 4.79 Å². The summed E-state index contributed by atoms with van der Waals surface area (Å²) in [7, 11) is -1.52. The molecule has 3 heteroatoms. The normalized spacial score (nSPS) is 24.6. The maximum Gasteiger partial charge on any atom is 0.255 e. The topological polar surface area (TPSA) is 26.3 Å². The molecule has 1 saturated heterocycles. The lowest BCUT2D eigenvalue weighted by atomic mass is 10.4. The van der Waals surface area contributed by atoms with Crippen LogP contribution >= 0.6 is 0 Å². The molecule has 1 rings (SSSR count). The van der Waals surface area contributed by atoms with Gasteiger partial charge in [0.1, 0.15) is 0 Å². The monoisotopic (exact) mass is 170 g/mol. The van der Waals surface area contributed by atoms with Crippen LogP contribution in [0.1, 0.15) is 19.8 Å². The van der Waals surface area contributed by atoms with Gasteiger partial charge in [0.15, 0.2) is 5.41 Å².